The van der Waals surface area contributed by atoms with Crippen LogP contribution in [0.25, 0.3) is 11.1 Å². The van der Waals surface area contributed by atoms with E-state index < -0.39 is 23.6 Å². The Labute approximate surface area is 196 Å². The van der Waals surface area contributed by atoms with Crippen molar-refractivity contribution >= 4 is 17.7 Å². The van der Waals surface area contributed by atoms with Crippen molar-refractivity contribution < 1.29 is 23.8 Å². The lowest BCUT2D eigenvalue weighted by Crippen LogP contribution is -2.36. The summed E-state index contributed by atoms with van der Waals surface area (Å²) in [6.07, 6.45) is 1.27. The third kappa shape index (κ3) is 5.80. The lowest BCUT2D eigenvalue weighted by atomic mass is 9.98. The molecular weight excluding hydrogens is 441 g/mol. The van der Waals surface area contributed by atoms with Crippen LogP contribution in [0.5, 0.6) is 5.75 Å². The molecule has 34 heavy (non-hydrogen) atoms. The molecule has 1 heterocycles. The fourth-order valence-electron chi connectivity index (χ4n) is 3.55. The van der Waals surface area contributed by atoms with Gasteiger partial charge in [0, 0.05) is 18.8 Å². The largest absolute Gasteiger partial charge is 0.505 e. The van der Waals surface area contributed by atoms with Crippen LogP contribution in [0.2, 0.25) is 0 Å². The van der Waals surface area contributed by atoms with Gasteiger partial charge in [-0.1, -0.05) is 30.3 Å². The molecule has 0 aliphatic carbocycles. The van der Waals surface area contributed by atoms with Crippen LogP contribution >= 0.6 is 0 Å². The number of rotatable bonds is 7. The smallest absolute Gasteiger partial charge is 0.319 e. The van der Waals surface area contributed by atoms with Crippen LogP contribution < -0.4 is 16.2 Å². The highest BCUT2D eigenvalue weighted by Crippen LogP contribution is 2.27. The van der Waals surface area contributed by atoms with E-state index in [4.69, 9.17) is 4.74 Å². The number of benzene rings is 2. The van der Waals surface area contributed by atoms with Gasteiger partial charge < -0.3 is 25.0 Å². The monoisotopic (exact) mass is 467 g/mol. The van der Waals surface area contributed by atoms with Gasteiger partial charge in [0.15, 0.2) is 5.69 Å². The third-order valence-corrected chi connectivity index (χ3v) is 5.20. The van der Waals surface area contributed by atoms with Crippen LogP contribution in [-0.4, -0.2) is 28.3 Å². The number of nitrogens with zero attached hydrogens (tertiary/aromatic N) is 1. The first kappa shape index (κ1) is 24.5. The summed E-state index contributed by atoms with van der Waals surface area (Å²) >= 11 is 0. The lowest BCUT2D eigenvalue weighted by Gasteiger charge is -2.20. The molecule has 3 rings (SSSR count). The second-order valence-electron chi connectivity index (χ2n) is 7.75. The Kier molecular flexibility index (Phi) is 7.68. The maximum Gasteiger partial charge on any atom is 0.319 e. The standard InChI is InChI=1S/C25H26FN3O5/c1-4-34-21(30)13-20(18-9-5-7-16(11-18)17-8-6-10-19(26)12-17)27-25(33)28-22-23(31)15(2)14-29(3)24(22)32/h5-12,14,20,31H,4,13H2,1-3H3,(H2,27,28,33)/t20-/m0/s1. The summed E-state index contributed by atoms with van der Waals surface area (Å²) in [6.45, 7) is 3.45. The lowest BCUT2D eigenvalue weighted by molar-refractivity contribution is -0.143. The zero-order valence-electron chi connectivity index (χ0n) is 19.1. The van der Waals surface area contributed by atoms with Crippen molar-refractivity contribution in [3.8, 4) is 16.9 Å². The number of esters is 1. The number of pyridine rings is 1. The fourth-order valence-corrected chi connectivity index (χ4v) is 3.55. The Morgan fingerprint density at radius 2 is 1.82 bits per heavy atom. The van der Waals surface area contributed by atoms with Gasteiger partial charge in [-0.05, 0) is 48.7 Å². The molecule has 1 atom stereocenters. The third-order valence-electron chi connectivity index (χ3n) is 5.20. The minimum Gasteiger partial charge on any atom is -0.505 e. The first-order chi connectivity index (χ1) is 16.2. The molecular formula is C25H26FN3O5. The number of hydrogen-bond donors (Lipinski definition) is 3. The average molecular weight is 467 g/mol. The number of nitrogens with one attached hydrogen (secondary N) is 2. The number of aromatic hydroxyl groups is 1. The van der Waals surface area contributed by atoms with Crippen LogP contribution in [0.4, 0.5) is 14.9 Å². The molecule has 3 N–H and O–H groups in total. The summed E-state index contributed by atoms with van der Waals surface area (Å²) in [7, 11) is 1.50. The summed E-state index contributed by atoms with van der Waals surface area (Å²) in [4.78, 5) is 37.4. The molecule has 0 bridgehead atoms. The van der Waals surface area contributed by atoms with Crippen LogP contribution in [0.1, 0.15) is 30.5 Å². The Morgan fingerprint density at radius 3 is 2.50 bits per heavy atom. The maximum atomic E-state index is 13.7. The van der Waals surface area contributed by atoms with Crippen LogP contribution in [-0.2, 0) is 16.6 Å². The van der Waals surface area contributed by atoms with Crippen LogP contribution in [0, 0.1) is 12.7 Å². The second kappa shape index (κ2) is 10.7. The van der Waals surface area contributed by atoms with Gasteiger partial charge in [-0.25, -0.2) is 9.18 Å². The number of aromatic nitrogens is 1. The SMILES string of the molecule is CCOC(=O)C[C@H](NC(=O)Nc1c(O)c(C)cn(C)c1=O)c1cccc(-c2cccc(F)c2)c1. The first-order valence-corrected chi connectivity index (χ1v) is 10.7. The molecule has 8 nitrogen and oxygen atoms in total. The quantitative estimate of drug-likeness (QED) is 0.455. The molecule has 2 amide bonds. The van der Waals surface area contributed by atoms with Crippen molar-refractivity contribution in [1.29, 1.82) is 0 Å². The van der Waals surface area contributed by atoms with E-state index in [2.05, 4.69) is 10.6 Å². The number of carbonyl (C=O) groups is 2. The van der Waals surface area contributed by atoms with Crippen molar-refractivity contribution in [1.82, 2.24) is 9.88 Å². The van der Waals surface area contributed by atoms with E-state index in [-0.39, 0.29) is 30.3 Å². The van der Waals surface area contributed by atoms with Crippen molar-refractivity contribution in [2.45, 2.75) is 26.3 Å². The van der Waals surface area contributed by atoms with Gasteiger partial charge in [0.25, 0.3) is 5.56 Å². The molecule has 3 aromatic rings. The van der Waals surface area contributed by atoms with Crippen molar-refractivity contribution in [2.24, 2.45) is 7.05 Å². The minimum atomic E-state index is -0.816. The van der Waals surface area contributed by atoms with Gasteiger partial charge in [-0.3, -0.25) is 9.59 Å². The van der Waals surface area contributed by atoms with E-state index in [1.54, 1.807) is 50.2 Å². The number of urea groups is 1. The second-order valence-corrected chi connectivity index (χ2v) is 7.75. The molecule has 2 aromatic carbocycles. The summed E-state index contributed by atoms with van der Waals surface area (Å²) in [5.74, 6) is -1.26. The molecule has 0 spiro atoms. The summed E-state index contributed by atoms with van der Waals surface area (Å²) in [5.41, 5.74) is 1.44. The molecule has 178 valence electrons. The van der Waals surface area contributed by atoms with E-state index >= 15 is 0 Å². The molecule has 9 heteroatoms. The van der Waals surface area contributed by atoms with Gasteiger partial charge in [0.05, 0.1) is 19.1 Å². The van der Waals surface area contributed by atoms with Gasteiger partial charge in [-0.15, -0.1) is 0 Å². The molecule has 0 unspecified atom stereocenters. The topological polar surface area (TPSA) is 110 Å². The van der Waals surface area contributed by atoms with Gasteiger partial charge in [0.1, 0.15) is 11.6 Å². The number of carbonyl (C=O) groups excluding carboxylic acids is 2. The number of aryl methyl sites for hydroxylation is 2. The van der Waals surface area contributed by atoms with E-state index in [9.17, 15) is 23.9 Å². The Hall–Kier alpha value is -4.14. The first-order valence-electron chi connectivity index (χ1n) is 10.7. The number of hydrogen-bond acceptors (Lipinski definition) is 5. The summed E-state index contributed by atoms with van der Waals surface area (Å²) < 4.78 is 20.0. The van der Waals surface area contributed by atoms with E-state index in [1.807, 2.05) is 0 Å². The van der Waals surface area contributed by atoms with Gasteiger partial charge in [-0.2, -0.15) is 0 Å². The average Bonchev–Trinajstić information content (AvgIpc) is 2.80. The van der Waals surface area contributed by atoms with Crippen molar-refractivity contribution in [3.63, 3.8) is 0 Å². The predicted molar refractivity (Wildman–Crippen MR) is 126 cm³/mol. The summed E-state index contributed by atoms with van der Waals surface area (Å²) in [5, 5.41) is 15.3. The molecule has 0 saturated heterocycles. The zero-order chi connectivity index (χ0) is 24.8. The molecule has 0 saturated carbocycles. The molecule has 0 radical (unpaired) electrons. The summed E-state index contributed by atoms with van der Waals surface area (Å²) in [6, 6.07) is 11.4. The highest BCUT2D eigenvalue weighted by atomic mass is 19.1. The Balaban J connectivity index is 1.90. The fraction of sp³-hybridized carbons (Fsp3) is 0.240. The number of amides is 2. The Morgan fingerprint density at radius 1 is 1.15 bits per heavy atom. The predicted octanol–water partition coefficient (Wildman–Crippen LogP) is 4.02. The van der Waals surface area contributed by atoms with Crippen molar-refractivity contribution in [2.75, 3.05) is 11.9 Å². The normalized spacial score (nSPS) is 11.5. The number of halogens is 1. The highest BCUT2D eigenvalue weighted by Gasteiger charge is 2.22. The minimum absolute atomic E-state index is 0.175. The van der Waals surface area contributed by atoms with Crippen LogP contribution in [0.3, 0.4) is 0 Å². The zero-order valence-corrected chi connectivity index (χ0v) is 19.1. The number of anilines is 1. The van der Waals surface area contributed by atoms with Gasteiger partial charge >= 0.3 is 12.0 Å². The molecule has 0 fully saturated rings. The van der Waals surface area contributed by atoms with E-state index in [1.165, 1.54) is 29.9 Å². The molecule has 0 aliphatic rings. The van der Waals surface area contributed by atoms with Crippen molar-refractivity contribution in [3.05, 3.63) is 82.0 Å². The van der Waals surface area contributed by atoms with E-state index in [0.717, 1.165) is 0 Å². The maximum absolute atomic E-state index is 13.7. The van der Waals surface area contributed by atoms with E-state index in [0.29, 0.717) is 22.3 Å². The van der Waals surface area contributed by atoms with Gasteiger partial charge in [0.2, 0.25) is 0 Å². The number of ether oxygens (including phenoxy) is 1. The molecule has 1 aromatic heterocycles. The Bertz CT molecular complexity index is 1270. The molecule has 0 aliphatic heterocycles. The highest BCUT2D eigenvalue weighted by molar-refractivity contribution is 5.91. The van der Waals surface area contributed by atoms with Crippen LogP contribution in [0.15, 0.2) is 59.5 Å².